The van der Waals surface area contributed by atoms with E-state index in [0.29, 0.717) is 23.8 Å². The molecule has 1 unspecified atom stereocenters. The SMILES string of the molecule is CC(c1ccc(-c2ccccc2)c(F)c1)c1cc(CN=C(N)N2CCSCC2)on1. The Morgan fingerprint density at radius 2 is 1.97 bits per heavy atom. The molecule has 30 heavy (non-hydrogen) atoms. The molecule has 3 aromatic rings. The quantitative estimate of drug-likeness (QED) is 0.483. The van der Waals surface area contributed by atoms with Crippen LogP contribution >= 0.6 is 11.8 Å². The van der Waals surface area contributed by atoms with Crippen LogP contribution in [0.15, 0.2) is 64.1 Å². The molecule has 0 saturated carbocycles. The van der Waals surface area contributed by atoms with Gasteiger partial charge < -0.3 is 15.2 Å². The van der Waals surface area contributed by atoms with Crippen molar-refractivity contribution in [2.75, 3.05) is 24.6 Å². The molecular weight excluding hydrogens is 399 g/mol. The van der Waals surface area contributed by atoms with Gasteiger partial charge in [-0.2, -0.15) is 11.8 Å². The van der Waals surface area contributed by atoms with E-state index in [-0.39, 0.29) is 11.7 Å². The minimum atomic E-state index is -0.244. The number of benzene rings is 2. The summed E-state index contributed by atoms with van der Waals surface area (Å²) in [6.07, 6.45) is 0. The molecule has 0 bridgehead atoms. The molecule has 2 heterocycles. The predicted molar refractivity (Wildman–Crippen MR) is 120 cm³/mol. The second-order valence-electron chi connectivity index (χ2n) is 7.32. The van der Waals surface area contributed by atoms with E-state index in [1.165, 1.54) is 0 Å². The zero-order valence-electron chi connectivity index (χ0n) is 16.9. The van der Waals surface area contributed by atoms with Crippen LogP contribution in [-0.2, 0) is 6.54 Å². The lowest BCUT2D eigenvalue weighted by atomic mass is 9.94. The van der Waals surface area contributed by atoms with Crippen molar-refractivity contribution in [3.8, 4) is 11.1 Å². The van der Waals surface area contributed by atoms with Crippen LogP contribution in [0.25, 0.3) is 11.1 Å². The molecule has 2 N–H and O–H groups in total. The zero-order chi connectivity index (χ0) is 20.9. The first-order valence-corrected chi connectivity index (χ1v) is 11.2. The van der Waals surface area contributed by atoms with Crippen molar-refractivity contribution >= 4 is 17.7 Å². The van der Waals surface area contributed by atoms with E-state index < -0.39 is 0 Å². The third-order valence-electron chi connectivity index (χ3n) is 5.33. The topological polar surface area (TPSA) is 67.7 Å². The summed E-state index contributed by atoms with van der Waals surface area (Å²) >= 11 is 1.93. The van der Waals surface area contributed by atoms with Gasteiger partial charge in [-0.25, -0.2) is 9.38 Å². The Kier molecular flexibility index (Phi) is 6.38. The highest BCUT2D eigenvalue weighted by molar-refractivity contribution is 7.99. The molecule has 0 spiro atoms. The Morgan fingerprint density at radius 1 is 1.20 bits per heavy atom. The number of hydrogen-bond acceptors (Lipinski definition) is 4. The van der Waals surface area contributed by atoms with E-state index in [9.17, 15) is 4.39 Å². The van der Waals surface area contributed by atoms with E-state index in [2.05, 4.69) is 15.0 Å². The summed E-state index contributed by atoms with van der Waals surface area (Å²) in [6, 6.07) is 16.7. The smallest absolute Gasteiger partial charge is 0.191 e. The lowest BCUT2D eigenvalue weighted by Crippen LogP contribution is -2.42. The van der Waals surface area contributed by atoms with Crippen molar-refractivity contribution < 1.29 is 8.91 Å². The van der Waals surface area contributed by atoms with Gasteiger partial charge in [0.1, 0.15) is 12.4 Å². The Bertz CT molecular complexity index is 1020. The number of aromatic nitrogens is 1. The fourth-order valence-corrected chi connectivity index (χ4v) is 4.39. The Hall–Kier alpha value is -2.80. The fourth-order valence-electron chi connectivity index (χ4n) is 3.48. The first kappa shape index (κ1) is 20.5. The van der Waals surface area contributed by atoms with Crippen LogP contribution < -0.4 is 5.73 Å². The van der Waals surface area contributed by atoms with E-state index in [4.69, 9.17) is 10.3 Å². The third kappa shape index (κ3) is 4.67. The van der Waals surface area contributed by atoms with E-state index in [1.807, 2.05) is 67.2 Å². The zero-order valence-corrected chi connectivity index (χ0v) is 17.7. The molecule has 2 aromatic carbocycles. The van der Waals surface area contributed by atoms with Crippen molar-refractivity contribution in [2.24, 2.45) is 10.7 Å². The summed E-state index contributed by atoms with van der Waals surface area (Å²) in [5.74, 6) is 2.99. The second kappa shape index (κ2) is 9.34. The molecule has 156 valence electrons. The average Bonchev–Trinajstić information content (AvgIpc) is 3.27. The molecule has 1 aromatic heterocycles. The maximum absolute atomic E-state index is 14.7. The highest BCUT2D eigenvalue weighted by Gasteiger charge is 2.17. The fraction of sp³-hybridized carbons (Fsp3) is 0.304. The number of hydrogen-bond donors (Lipinski definition) is 1. The lowest BCUT2D eigenvalue weighted by Gasteiger charge is -2.27. The molecule has 5 nitrogen and oxygen atoms in total. The van der Waals surface area contributed by atoms with Crippen LogP contribution in [0.3, 0.4) is 0 Å². The van der Waals surface area contributed by atoms with Gasteiger partial charge in [0.25, 0.3) is 0 Å². The normalized spacial score (nSPS) is 15.9. The lowest BCUT2D eigenvalue weighted by molar-refractivity contribution is 0.376. The molecule has 1 aliphatic heterocycles. The molecule has 1 atom stereocenters. The molecule has 0 amide bonds. The summed E-state index contributed by atoms with van der Waals surface area (Å²) in [6.45, 7) is 4.17. The van der Waals surface area contributed by atoms with Gasteiger partial charge >= 0.3 is 0 Å². The minimum absolute atomic E-state index is 0.0951. The van der Waals surface area contributed by atoms with E-state index >= 15 is 0 Å². The molecule has 1 fully saturated rings. The van der Waals surface area contributed by atoms with Gasteiger partial charge in [-0.1, -0.05) is 54.5 Å². The summed E-state index contributed by atoms with van der Waals surface area (Å²) in [5, 5.41) is 4.17. The summed E-state index contributed by atoms with van der Waals surface area (Å²) < 4.78 is 20.2. The molecule has 1 aliphatic rings. The van der Waals surface area contributed by atoms with Gasteiger partial charge in [-0.05, 0) is 17.2 Å². The number of rotatable bonds is 5. The monoisotopic (exact) mass is 424 g/mol. The van der Waals surface area contributed by atoms with Gasteiger partial charge in [0.15, 0.2) is 11.7 Å². The summed E-state index contributed by atoms with van der Waals surface area (Å²) in [5.41, 5.74) is 9.15. The number of nitrogens with two attached hydrogens (primary N) is 1. The number of nitrogens with zero attached hydrogens (tertiary/aromatic N) is 3. The largest absolute Gasteiger partial charge is 0.370 e. The Labute approximate surface area is 180 Å². The van der Waals surface area contributed by atoms with Crippen molar-refractivity contribution in [3.05, 3.63) is 77.4 Å². The van der Waals surface area contributed by atoms with Gasteiger partial charge in [0.2, 0.25) is 0 Å². The number of halogens is 1. The molecule has 0 aliphatic carbocycles. The average molecular weight is 425 g/mol. The molecule has 0 radical (unpaired) electrons. The van der Waals surface area contributed by atoms with Gasteiger partial charge in [-0.15, -0.1) is 0 Å². The molecule has 4 rings (SSSR count). The number of aliphatic imine (C=N–C) groups is 1. The molecule has 7 heteroatoms. The Balaban J connectivity index is 1.45. The van der Waals surface area contributed by atoms with Crippen LogP contribution in [-0.4, -0.2) is 40.6 Å². The van der Waals surface area contributed by atoms with Gasteiger partial charge in [-0.3, -0.25) is 0 Å². The minimum Gasteiger partial charge on any atom is -0.370 e. The Morgan fingerprint density at radius 3 is 2.70 bits per heavy atom. The third-order valence-corrected chi connectivity index (χ3v) is 6.27. The second-order valence-corrected chi connectivity index (χ2v) is 8.54. The molecular formula is C23H25FN4OS. The van der Waals surface area contributed by atoms with Crippen LogP contribution in [0.5, 0.6) is 0 Å². The highest BCUT2D eigenvalue weighted by Crippen LogP contribution is 2.29. The van der Waals surface area contributed by atoms with Crippen LogP contribution in [0, 0.1) is 5.82 Å². The number of guanidine groups is 1. The first-order chi connectivity index (χ1) is 14.6. The number of thioether (sulfide) groups is 1. The van der Waals surface area contributed by atoms with Gasteiger partial charge in [0, 0.05) is 42.1 Å². The van der Waals surface area contributed by atoms with Gasteiger partial charge in [0.05, 0.1) is 5.69 Å². The van der Waals surface area contributed by atoms with Crippen LogP contribution in [0.4, 0.5) is 4.39 Å². The maximum Gasteiger partial charge on any atom is 0.191 e. The van der Waals surface area contributed by atoms with E-state index in [0.717, 1.165) is 41.4 Å². The maximum atomic E-state index is 14.7. The van der Waals surface area contributed by atoms with Crippen molar-refractivity contribution in [3.63, 3.8) is 0 Å². The van der Waals surface area contributed by atoms with Crippen molar-refractivity contribution in [1.29, 1.82) is 0 Å². The molecule has 1 saturated heterocycles. The van der Waals surface area contributed by atoms with Crippen molar-refractivity contribution in [1.82, 2.24) is 10.1 Å². The van der Waals surface area contributed by atoms with Crippen LogP contribution in [0.1, 0.15) is 29.9 Å². The summed E-state index contributed by atoms with van der Waals surface area (Å²) in [4.78, 5) is 6.53. The first-order valence-electron chi connectivity index (χ1n) is 10.0. The van der Waals surface area contributed by atoms with Crippen molar-refractivity contribution in [2.45, 2.75) is 19.4 Å². The van der Waals surface area contributed by atoms with Crippen LogP contribution in [0.2, 0.25) is 0 Å². The predicted octanol–water partition coefficient (Wildman–Crippen LogP) is 4.50. The van der Waals surface area contributed by atoms with E-state index in [1.54, 1.807) is 6.07 Å². The summed E-state index contributed by atoms with van der Waals surface area (Å²) in [7, 11) is 0. The standard InChI is InChI=1S/C23H25FN4OS/c1-16(18-7-8-20(21(24)13-18)17-5-3-2-4-6-17)22-14-19(29-27-22)15-26-23(25)28-9-11-30-12-10-28/h2-8,13-14,16H,9-12,15H2,1H3,(H2,25,26). The highest BCUT2D eigenvalue weighted by atomic mass is 32.2.